The van der Waals surface area contributed by atoms with Gasteiger partial charge in [0, 0.05) is 24.4 Å². The fraction of sp³-hybridized carbons (Fsp3) is 1.00. The zero-order valence-electron chi connectivity index (χ0n) is 9.40. The quantitative estimate of drug-likeness (QED) is 0.771. The third-order valence-corrected chi connectivity index (χ3v) is 4.66. The standard InChI is InChI=1S/C10H22N2OS/c1-8(2)14(13)12-6-4-5-9(3)10(12)7-11/h8-10H,4-7,11H2,1-3H3. The second kappa shape index (κ2) is 5.24. The minimum absolute atomic E-state index is 0.203. The van der Waals surface area contributed by atoms with Crippen LogP contribution < -0.4 is 5.73 Å². The van der Waals surface area contributed by atoms with Crippen molar-refractivity contribution in [1.82, 2.24) is 4.31 Å². The molecule has 0 aromatic carbocycles. The summed E-state index contributed by atoms with van der Waals surface area (Å²) in [7, 11) is -0.855. The van der Waals surface area contributed by atoms with E-state index < -0.39 is 11.0 Å². The van der Waals surface area contributed by atoms with E-state index in [2.05, 4.69) is 11.2 Å². The summed E-state index contributed by atoms with van der Waals surface area (Å²) >= 11 is 0. The molecule has 2 N–H and O–H groups in total. The molecule has 3 nitrogen and oxygen atoms in total. The van der Waals surface area contributed by atoms with Crippen molar-refractivity contribution in [1.29, 1.82) is 0 Å². The van der Waals surface area contributed by atoms with Crippen LogP contribution in [0.5, 0.6) is 0 Å². The molecule has 1 saturated heterocycles. The molecule has 0 amide bonds. The highest BCUT2D eigenvalue weighted by Crippen LogP contribution is 2.24. The van der Waals surface area contributed by atoms with Gasteiger partial charge in [0.25, 0.3) is 0 Å². The maximum Gasteiger partial charge on any atom is 0.0971 e. The molecule has 0 saturated carbocycles. The van der Waals surface area contributed by atoms with Gasteiger partial charge in [-0.15, -0.1) is 0 Å². The van der Waals surface area contributed by atoms with Crippen LogP contribution in [0.1, 0.15) is 33.6 Å². The number of hydrogen-bond donors (Lipinski definition) is 1. The molecule has 3 atom stereocenters. The second-order valence-electron chi connectivity index (χ2n) is 4.39. The van der Waals surface area contributed by atoms with Gasteiger partial charge in [0.1, 0.15) is 0 Å². The van der Waals surface area contributed by atoms with E-state index >= 15 is 0 Å². The molecule has 1 rings (SSSR count). The Hall–Kier alpha value is 0.0700. The van der Waals surface area contributed by atoms with E-state index in [-0.39, 0.29) is 5.25 Å². The first-order valence-electron chi connectivity index (χ1n) is 5.45. The third kappa shape index (κ3) is 2.55. The summed E-state index contributed by atoms with van der Waals surface area (Å²) in [6, 6.07) is 0.312. The van der Waals surface area contributed by atoms with E-state index in [1.54, 1.807) is 0 Å². The van der Waals surface area contributed by atoms with Gasteiger partial charge < -0.3 is 5.73 Å². The first-order chi connectivity index (χ1) is 6.57. The molecule has 4 heteroatoms. The lowest BCUT2D eigenvalue weighted by atomic mass is 9.93. The SMILES string of the molecule is CC1CCCN(S(=O)C(C)C)C1CN. The van der Waals surface area contributed by atoms with E-state index in [0.29, 0.717) is 18.5 Å². The lowest BCUT2D eigenvalue weighted by Gasteiger charge is -2.38. The van der Waals surface area contributed by atoms with Gasteiger partial charge in [-0.25, -0.2) is 8.51 Å². The Morgan fingerprint density at radius 1 is 1.57 bits per heavy atom. The van der Waals surface area contributed by atoms with Crippen LogP contribution in [0.2, 0.25) is 0 Å². The van der Waals surface area contributed by atoms with Crippen LogP contribution in [0, 0.1) is 5.92 Å². The van der Waals surface area contributed by atoms with Gasteiger partial charge in [-0.1, -0.05) is 6.92 Å². The van der Waals surface area contributed by atoms with Crippen LogP contribution in [-0.2, 0) is 11.0 Å². The van der Waals surface area contributed by atoms with Gasteiger partial charge >= 0.3 is 0 Å². The minimum Gasteiger partial charge on any atom is -0.329 e. The Labute approximate surface area is 89.6 Å². The Morgan fingerprint density at radius 2 is 2.21 bits per heavy atom. The smallest absolute Gasteiger partial charge is 0.0971 e. The van der Waals surface area contributed by atoms with Crippen molar-refractivity contribution in [3.05, 3.63) is 0 Å². The summed E-state index contributed by atoms with van der Waals surface area (Å²) in [6.45, 7) is 7.78. The average Bonchev–Trinajstić information content (AvgIpc) is 2.16. The zero-order valence-corrected chi connectivity index (χ0v) is 10.2. The predicted molar refractivity (Wildman–Crippen MR) is 61.2 cm³/mol. The van der Waals surface area contributed by atoms with Gasteiger partial charge in [0.05, 0.1) is 11.0 Å². The van der Waals surface area contributed by atoms with Crippen LogP contribution in [0.4, 0.5) is 0 Å². The van der Waals surface area contributed by atoms with E-state index in [1.165, 1.54) is 6.42 Å². The molecule has 0 bridgehead atoms. The summed E-state index contributed by atoms with van der Waals surface area (Å²) < 4.78 is 14.1. The number of hydrogen-bond acceptors (Lipinski definition) is 2. The molecular formula is C10H22N2OS. The largest absolute Gasteiger partial charge is 0.329 e. The number of nitrogens with two attached hydrogens (primary N) is 1. The van der Waals surface area contributed by atoms with Crippen molar-refractivity contribution in [2.24, 2.45) is 11.7 Å². The van der Waals surface area contributed by atoms with E-state index in [0.717, 1.165) is 13.0 Å². The summed E-state index contributed by atoms with van der Waals surface area (Å²) in [5, 5.41) is 0.203. The van der Waals surface area contributed by atoms with Crippen LogP contribution in [0.25, 0.3) is 0 Å². The van der Waals surface area contributed by atoms with Crippen molar-refractivity contribution in [3.63, 3.8) is 0 Å². The average molecular weight is 218 g/mol. The van der Waals surface area contributed by atoms with Gasteiger partial charge in [0.2, 0.25) is 0 Å². The third-order valence-electron chi connectivity index (χ3n) is 2.94. The van der Waals surface area contributed by atoms with Gasteiger partial charge in [-0.2, -0.15) is 0 Å². The predicted octanol–water partition coefficient (Wildman–Crippen LogP) is 1.12. The summed E-state index contributed by atoms with van der Waals surface area (Å²) in [6.07, 6.45) is 2.36. The van der Waals surface area contributed by atoms with Crippen molar-refractivity contribution >= 4 is 11.0 Å². The lowest BCUT2D eigenvalue weighted by molar-refractivity contribution is 0.199. The molecular weight excluding hydrogens is 196 g/mol. The number of nitrogens with zero attached hydrogens (tertiary/aromatic N) is 1. The molecule has 3 unspecified atom stereocenters. The van der Waals surface area contributed by atoms with E-state index in [4.69, 9.17) is 5.73 Å². The van der Waals surface area contributed by atoms with Crippen molar-refractivity contribution in [2.45, 2.75) is 44.9 Å². The monoisotopic (exact) mass is 218 g/mol. The molecule has 0 aliphatic carbocycles. The van der Waals surface area contributed by atoms with Gasteiger partial charge in [-0.05, 0) is 32.6 Å². The maximum atomic E-state index is 12.0. The van der Waals surface area contributed by atoms with Gasteiger partial charge in [-0.3, -0.25) is 0 Å². The van der Waals surface area contributed by atoms with Crippen LogP contribution in [0.15, 0.2) is 0 Å². The second-order valence-corrected chi connectivity index (χ2v) is 6.35. The molecule has 14 heavy (non-hydrogen) atoms. The Morgan fingerprint density at radius 3 is 2.71 bits per heavy atom. The topological polar surface area (TPSA) is 46.3 Å². The highest BCUT2D eigenvalue weighted by atomic mass is 32.2. The lowest BCUT2D eigenvalue weighted by Crippen LogP contribution is -2.50. The summed E-state index contributed by atoms with van der Waals surface area (Å²) in [5.41, 5.74) is 5.75. The Balaban J connectivity index is 2.69. The molecule has 0 aromatic rings. The highest BCUT2D eigenvalue weighted by Gasteiger charge is 2.31. The fourth-order valence-electron chi connectivity index (χ4n) is 2.06. The van der Waals surface area contributed by atoms with Crippen LogP contribution in [0.3, 0.4) is 0 Å². The van der Waals surface area contributed by atoms with Crippen molar-refractivity contribution in [2.75, 3.05) is 13.1 Å². The number of piperidine rings is 1. The van der Waals surface area contributed by atoms with Crippen molar-refractivity contribution < 1.29 is 4.21 Å². The molecule has 1 heterocycles. The molecule has 0 spiro atoms. The van der Waals surface area contributed by atoms with Crippen LogP contribution in [-0.4, -0.2) is 32.9 Å². The first-order valence-corrected chi connectivity index (χ1v) is 6.62. The Bertz CT molecular complexity index is 208. The summed E-state index contributed by atoms with van der Waals surface area (Å²) in [4.78, 5) is 0. The zero-order chi connectivity index (χ0) is 10.7. The van der Waals surface area contributed by atoms with E-state index in [9.17, 15) is 4.21 Å². The highest BCUT2D eigenvalue weighted by molar-refractivity contribution is 7.83. The molecule has 1 aliphatic rings. The van der Waals surface area contributed by atoms with Crippen molar-refractivity contribution in [3.8, 4) is 0 Å². The first kappa shape index (κ1) is 12.1. The summed E-state index contributed by atoms with van der Waals surface area (Å²) in [5.74, 6) is 0.580. The molecule has 1 aliphatic heterocycles. The fourth-order valence-corrected chi connectivity index (χ4v) is 3.47. The molecule has 1 fully saturated rings. The molecule has 84 valence electrons. The normalized spacial score (nSPS) is 32.1. The molecule has 0 aromatic heterocycles. The molecule has 0 radical (unpaired) electrons. The Kier molecular flexibility index (Phi) is 4.54. The maximum absolute atomic E-state index is 12.0. The van der Waals surface area contributed by atoms with E-state index in [1.807, 2.05) is 13.8 Å². The van der Waals surface area contributed by atoms with Crippen LogP contribution >= 0.6 is 0 Å². The minimum atomic E-state index is -0.855. The number of rotatable bonds is 3. The van der Waals surface area contributed by atoms with Gasteiger partial charge in [0.15, 0.2) is 0 Å².